The molecule has 2 rings (SSSR count). The maximum absolute atomic E-state index is 12.5. The number of hydrogen-bond acceptors (Lipinski definition) is 4. The summed E-state index contributed by atoms with van der Waals surface area (Å²) in [5.74, 6) is 0.829. The van der Waals surface area contributed by atoms with E-state index in [2.05, 4.69) is 18.7 Å². The second kappa shape index (κ2) is 6.64. The Labute approximate surface area is 125 Å². The smallest absolute Gasteiger partial charge is 0.180 e. The van der Waals surface area contributed by atoms with Crippen LogP contribution in [0.3, 0.4) is 0 Å². The summed E-state index contributed by atoms with van der Waals surface area (Å²) < 4.78 is 5.34. The van der Waals surface area contributed by atoms with Crippen molar-refractivity contribution in [1.29, 1.82) is 0 Å². The average Bonchev–Trinajstić information content (AvgIpc) is 2.37. The Morgan fingerprint density at radius 1 is 1.35 bits per heavy atom. The van der Waals surface area contributed by atoms with Crippen molar-refractivity contribution in [3.63, 3.8) is 0 Å². The molecule has 1 aromatic carbocycles. The summed E-state index contributed by atoms with van der Waals surface area (Å²) in [7, 11) is 1.62. The van der Waals surface area contributed by atoms with Crippen LogP contribution in [0.5, 0.6) is 5.75 Å². The minimum absolute atomic E-state index is 0.146. The average molecular weight is 293 g/mol. The molecule has 110 valence electrons. The molecular weight excluding hydrogens is 270 g/mol. The van der Waals surface area contributed by atoms with Gasteiger partial charge in [0.05, 0.1) is 19.2 Å². The number of methoxy groups -OCH3 is 1. The number of carbonyl (C=O) groups excluding carboxylic acids is 1. The van der Waals surface area contributed by atoms with Gasteiger partial charge in [0.2, 0.25) is 0 Å². The highest BCUT2D eigenvalue weighted by Gasteiger charge is 2.24. The van der Waals surface area contributed by atoms with Crippen LogP contribution in [0, 0.1) is 6.92 Å². The summed E-state index contributed by atoms with van der Waals surface area (Å²) in [5.41, 5.74) is 1.80. The largest absolute Gasteiger partial charge is 0.496 e. The van der Waals surface area contributed by atoms with Crippen LogP contribution in [0.2, 0.25) is 0 Å². The Bertz CT molecular complexity index is 479. The minimum atomic E-state index is 0.146. The second-order valence-electron chi connectivity index (χ2n) is 5.58. The van der Waals surface area contributed by atoms with Crippen molar-refractivity contribution in [2.24, 2.45) is 0 Å². The zero-order chi connectivity index (χ0) is 14.7. The zero-order valence-electron chi connectivity index (χ0n) is 12.7. The van der Waals surface area contributed by atoms with Gasteiger partial charge in [-0.25, -0.2) is 0 Å². The molecule has 1 fully saturated rings. The lowest BCUT2D eigenvalue weighted by Gasteiger charge is -2.34. The van der Waals surface area contributed by atoms with Gasteiger partial charge in [0.25, 0.3) is 0 Å². The monoisotopic (exact) mass is 293 g/mol. The Hall–Kier alpha value is -1.00. The summed E-state index contributed by atoms with van der Waals surface area (Å²) in [5, 5.41) is 1.18. The third-order valence-corrected chi connectivity index (χ3v) is 4.75. The van der Waals surface area contributed by atoms with E-state index in [0.717, 1.165) is 18.7 Å². The van der Waals surface area contributed by atoms with Gasteiger partial charge in [0.15, 0.2) is 5.78 Å². The molecule has 2 unspecified atom stereocenters. The van der Waals surface area contributed by atoms with Crippen LogP contribution in [0.4, 0.5) is 0 Å². The van der Waals surface area contributed by atoms with Gasteiger partial charge in [-0.3, -0.25) is 9.69 Å². The van der Waals surface area contributed by atoms with Gasteiger partial charge in [-0.05, 0) is 24.6 Å². The number of aryl methyl sites for hydroxylation is 1. The second-order valence-corrected chi connectivity index (χ2v) is 7.46. The molecule has 4 heteroatoms. The number of Topliss-reactive ketones (excluding diaryl/α,β-unsaturated/α-hetero) is 1. The predicted octanol–water partition coefficient (Wildman–Crippen LogP) is 3.01. The quantitative estimate of drug-likeness (QED) is 0.798. The molecule has 1 aromatic rings. The number of benzene rings is 1. The highest BCUT2D eigenvalue weighted by Crippen LogP contribution is 2.26. The van der Waals surface area contributed by atoms with Crippen molar-refractivity contribution in [3.05, 3.63) is 29.3 Å². The molecule has 0 N–H and O–H groups in total. The fourth-order valence-corrected chi connectivity index (χ4v) is 4.12. The minimum Gasteiger partial charge on any atom is -0.496 e. The fraction of sp³-hybridized carbons (Fsp3) is 0.562. The van der Waals surface area contributed by atoms with E-state index in [1.165, 1.54) is 0 Å². The first-order chi connectivity index (χ1) is 9.49. The van der Waals surface area contributed by atoms with Crippen molar-refractivity contribution < 1.29 is 9.53 Å². The SMILES string of the molecule is COc1cc(C)ccc1C(=O)CN1CC(C)SC(C)C1. The fourth-order valence-electron chi connectivity index (χ4n) is 2.73. The van der Waals surface area contributed by atoms with Gasteiger partial charge in [0.1, 0.15) is 5.75 Å². The maximum atomic E-state index is 12.5. The van der Waals surface area contributed by atoms with Crippen molar-refractivity contribution in [2.75, 3.05) is 26.7 Å². The number of rotatable bonds is 4. The molecule has 1 saturated heterocycles. The van der Waals surface area contributed by atoms with Crippen LogP contribution in [0.1, 0.15) is 29.8 Å². The van der Waals surface area contributed by atoms with Crippen LogP contribution in [-0.4, -0.2) is 47.9 Å². The van der Waals surface area contributed by atoms with E-state index in [1.54, 1.807) is 7.11 Å². The predicted molar refractivity (Wildman–Crippen MR) is 85.0 cm³/mol. The molecule has 0 saturated carbocycles. The first kappa shape index (κ1) is 15.4. The zero-order valence-corrected chi connectivity index (χ0v) is 13.5. The van der Waals surface area contributed by atoms with Crippen molar-refractivity contribution in [3.8, 4) is 5.75 Å². The number of ether oxygens (including phenoxy) is 1. The molecule has 3 nitrogen and oxygen atoms in total. The lowest BCUT2D eigenvalue weighted by atomic mass is 10.1. The van der Waals surface area contributed by atoms with Gasteiger partial charge < -0.3 is 4.74 Å². The van der Waals surface area contributed by atoms with Crippen LogP contribution >= 0.6 is 11.8 Å². The number of thioether (sulfide) groups is 1. The standard InChI is InChI=1S/C16H23NO2S/c1-11-5-6-14(16(7-11)19-4)15(18)10-17-8-12(2)20-13(3)9-17/h5-7,12-13H,8-10H2,1-4H3. The summed E-state index contributed by atoms with van der Waals surface area (Å²) in [4.78, 5) is 14.7. The summed E-state index contributed by atoms with van der Waals surface area (Å²) >= 11 is 2.00. The molecule has 0 aromatic heterocycles. The molecule has 0 spiro atoms. The molecule has 2 atom stereocenters. The van der Waals surface area contributed by atoms with E-state index in [-0.39, 0.29) is 5.78 Å². The normalized spacial score (nSPS) is 23.6. The van der Waals surface area contributed by atoms with Crippen molar-refractivity contribution in [2.45, 2.75) is 31.3 Å². The van der Waals surface area contributed by atoms with Crippen LogP contribution in [-0.2, 0) is 0 Å². The Morgan fingerprint density at radius 3 is 2.60 bits per heavy atom. The van der Waals surface area contributed by atoms with Crippen molar-refractivity contribution in [1.82, 2.24) is 4.90 Å². The highest BCUT2D eigenvalue weighted by atomic mass is 32.2. The number of carbonyl (C=O) groups is 1. The molecule has 1 heterocycles. The first-order valence-electron chi connectivity index (χ1n) is 7.05. The van der Waals surface area contributed by atoms with E-state index in [1.807, 2.05) is 36.9 Å². The molecule has 0 amide bonds. The highest BCUT2D eigenvalue weighted by molar-refractivity contribution is 8.00. The molecular formula is C16H23NO2S. The molecule has 20 heavy (non-hydrogen) atoms. The van der Waals surface area contributed by atoms with Crippen LogP contribution in [0.25, 0.3) is 0 Å². The lowest BCUT2D eigenvalue weighted by molar-refractivity contribution is 0.0927. The maximum Gasteiger partial charge on any atom is 0.180 e. The molecule has 0 aliphatic carbocycles. The third-order valence-electron chi connectivity index (χ3n) is 3.52. The van der Waals surface area contributed by atoms with Gasteiger partial charge in [-0.2, -0.15) is 11.8 Å². The molecule has 1 aliphatic rings. The van der Waals surface area contributed by atoms with E-state index < -0.39 is 0 Å². The molecule has 1 aliphatic heterocycles. The Morgan fingerprint density at radius 2 is 2.00 bits per heavy atom. The molecule has 0 radical (unpaired) electrons. The van der Waals surface area contributed by atoms with E-state index in [4.69, 9.17) is 4.74 Å². The Balaban J connectivity index is 2.08. The summed E-state index contributed by atoms with van der Waals surface area (Å²) in [6, 6.07) is 5.76. The van der Waals surface area contributed by atoms with Gasteiger partial charge in [0, 0.05) is 23.6 Å². The topological polar surface area (TPSA) is 29.5 Å². The first-order valence-corrected chi connectivity index (χ1v) is 7.99. The van der Waals surface area contributed by atoms with Gasteiger partial charge in [-0.15, -0.1) is 0 Å². The van der Waals surface area contributed by atoms with E-state index >= 15 is 0 Å². The van der Waals surface area contributed by atoms with Crippen molar-refractivity contribution >= 4 is 17.5 Å². The van der Waals surface area contributed by atoms with Crippen LogP contribution in [0.15, 0.2) is 18.2 Å². The Kier molecular flexibility index (Phi) is 5.11. The number of ketones is 1. The van der Waals surface area contributed by atoms with E-state index in [0.29, 0.717) is 28.4 Å². The van der Waals surface area contributed by atoms with Crippen LogP contribution < -0.4 is 4.74 Å². The third kappa shape index (κ3) is 3.76. The lowest BCUT2D eigenvalue weighted by Crippen LogP contribution is -2.43. The van der Waals surface area contributed by atoms with E-state index in [9.17, 15) is 4.79 Å². The summed E-state index contributed by atoms with van der Waals surface area (Å²) in [6.45, 7) is 8.90. The number of nitrogens with zero attached hydrogens (tertiary/aromatic N) is 1. The van der Waals surface area contributed by atoms with Gasteiger partial charge >= 0.3 is 0 Å². The molecule has 0 bridgehead atoms. The summed E-state index contributed by atoms with van der Waals surface area (Å²) in [6.07, 6.45) is 0. The number of hydrogen-bond donors (Lipinski definition) is 0. The van der Waals surface area contributed by atoms with Gasteiger partial charge in [-0.1, -0.05) is 19.9 Å².